The molecule has 1 unspecified atom stereocenters. The number of carbonyl (C=O) groups is 1. The number of imidazole rings is 1. The fourth-order valence-corrected chi connectivity index (χ4v) is 2.73. The SMILES string of the molecule is CC1Cc2ccccc2N1C(=O)CCc1cnc[nH]1. The van der Waals surface area contributed by atoms with E-state index in [1.165, 1.54) is 5.56 Å². The summed E-state index contributed by atoms with van der Waals surface area (Å²) in [5, 5.41) is 0. The van der Waals surface area contributed by atoms with E-state index in [-0.39, 0.29) is 11.9 Å². The Bertz CT molecular complexity index is 577. The van der Waals surface area contributed by atoms with E-state index < -0.39 is 0 Å². The first-order valence-corrected chi connectivity index (χ1v) is 6.63. The number of hydrogen-bond acceptors (Lipinski definition) is 2. The van der Waals surface area contributed by atoms with Gasteiger partial charge in [0.25, 0.3) is 0 Å². The van der Waals surface area contributed by atoms with Crippen molar-refractivity contribution in [2.75, 3.05) is 4.90 Å². The van der Waals surface area contributed by atoms with Crippen molar-refractivity contribution in [3.05, 3.63) is 48.0 Å². The van der Waals surface area contributed by atoms with E-state index in [1.807, 2.05) is 23.1 Å². The first-order valence-electron chi connectivity index (χ1n) is 6.63. The summed E-state index contributed by atoms with van der Waals surface area (Å²) in [6.45, 7) is 2.11. The minimum atomic E-state index is 0.187. The van der Waals surface area contributed by atoms with Gasteiger partial charge in [0.2, 0.25) is 5.91 Å². The minimum absolute atomic E-state index is 0.187. The number of aromatic amines is 1. The molecule has 1 amide bonds. The number of aryl methyl sites for hydroxylation is 1. The van der Waals surface area contributed by atoms with E-state index in [2.05, 4.69) is 23.0 Å². The second-order valence-corrected chi connectivity index (χ2v) is 5.02. The van der Waals surface area contributed by atoms with Crippen LogP contribution in [-0.4, -0.2) is 21.9 Å². The molecule has 1 atom stereocenters. The molecule has 4 nitrogen and oxygen atoms in total. The monoisotopic (exact) mass is 255 g/mol. The number of nitrogens with zero attached hydrogens (tertiary/aromatic N) is 2. The van der Waals surface area contributed by atoms with E-state index in [4.69, 9.17) is 0 Å². The Balaban J connectivity index is 1.73. The smallest absolute Gasteiger partial charge is 0.227 e. The van der Waals surface area contributed by atoms with Gasteiger partial charge in [-0.05, 0) is 31.4 Å². The molecule has 1 aromatic carbocycles. The van der Waals surface area contributed by atoms with Crippen LogP contribution in [0.4, 0.5) is 5.69 Å². The Kier molecular flexibility index (Phi) is 3.07. The highest BCUT2D eigenvalue weighted by molar-refractivity contribution is 5.96. The lowest BCUT2D eigenvalue weighted by molar-refractivity contribution is -0.118. The zero-order chi connectivity index (χ0) is 13.2. The number of para-hydroxylation sites is 1. The summed E-state index contributed by atoms with van der Waals surface area (Å²) >= 11 is 0. The maximum absolute atomic E-state index is 12.4. The van der Waals surface area contributed by atoms with Gasteiger partial charge in [-0.2, -0.15) is 0 Å². The van der Waals surface area contributed by atoms with Crippen molar-refractivity contribution in [2.24, 2.45) is 0 Å². The van der Waals surface area contributed by atoms with Crippen LogP contribution in [0.3, 0.4) is 0 Å². The van der Waals surface area contributed by atoms with Crippen molar-refractivity contribution in [1.82, 2.24) is 9.97 Å². The molecule has 0 saturated heterocycles. The molecule has 2 heterocycles. The Labute approximate surface area is 112 Å². The summed E-state index contributed by atoms with van der Waals surface area (Å²) in [4.78, 5) is 21.3. The Morgan fingerprint density at radius 3 is 3.11 bits per heavy atom. The molecule has 1 aliphatic rings. The average Bonchev–Trinajstić information content (AvgIpc) is 3.02. The van der Waals surface area contributed by atoms with Crippen LogP contribution >= 0.6 is 0 Å². The molecular formula is C15H17N3O. The van der Waals surface area contributed by atoms with Gasteiger partial charge in [-0.1, -0.05) is 18.2 Å². The van der Waals surface area contributed by atoms with Gasteiger partial charge in [0.05, 0.1) is 6.33 Å². The van der Waals surface area contributed by atoms with Gasteiger partial charge >= 0.3 is 0 Å². The molecule has 1 aromatic heterocycles. The summed E-state index contributed by atoms with van der Waals surface area (Å²) < 4.78 is 0. The quantitative estimate of drug-likeness (QED) is 0.915. The summed E-state index contributed by atoms with van der Waals surface area (Å²) in [6.07, 6.45) is 5.60. The second kappa shape index (κ2) is 4.88. The molecule has 0 aliphatic carbocycles. The van der Waals surface area contributed by atoms with E-state index in [0.717, 1.165) is 17.8 Å². The number of carbonyl (C=O) groups excluding carboxylic acids is 1. The van der Waals surface area contributed by atoms with Crippen LogP contribution < -0.4 is 4.90 Å². The summed E-state index contributed by atoms with van der Waals surface area (Å²) in [6, 6.07) is 8.42. The first-order chi connectivity index (χ1) is 9.25. The number of rotatable bonds is 3. The van der Waals surface area contributed by atoms with Crippen LogP contribution in [0.5, 0.6) is 0 Å². The maximum Gasteiger partial charge on any atom is 0.227 e. The Morgan fingerprint density at radius 2 is 2.32 bits per heavy atom. The third kappa shape index (κ3) is 2.26. The highest BCUT2D eigenvalue weighted by atomic mass is 16.2. The molecule has 2 aromatic rings. The fourth-order valence-electron chi connectivity index (χ4n) is 2.73. The lowest BCUT2D eigenvalue weighted by Crippen LogP contribution is -2.35. The number of amides is 1. The third-order valence-electron chi connectivity index (χ3n) is 3.64. The molecule has 1 N–H and O–H groups in total. The third-order valence-corrected chi connectivity index (χ3v) is 3.64. The predicted octanol–water partition coefficient (Wildman–Crippen LogP) is 2.32. The van der Waals surface area contributed by atoms with Gasteiger partial charge < -0.3 is 9.88 Å². The number of hydrogen-bond donors (Lipinski definition) is 1. The van der Waals surface area contributed by atoms with Gasteiger partial charge in [0, 0.05) is 30.0 Å². The first kappa shape index (κ1) is 12.0. The summed E-state index contributed by atoms with van der Waals surface area (Å²) in [5.41, 5.74) is 3.35. The molecular weight excluding hydrogens is 238 g/mol. The summed E-state index contributed by atoms with van der Waals surface area (Å²) in [7, 11) is 0. The number of nitrogens with one attached hydrogen (secondary N) is 1. The largest absolute Gasteiger partial charge is 0.348 e. The molecule has 1 aliphatic heterocycles. The second-order valence-electron chi connectivity index (χ2n) is 5.02. The number of fused-ring (bicyclic) bond motifs is 1. The Morgan fingerprint density at radius 1 is 1.47 bits per heavy atom. The molecule has 4 heteroatoms. The normalized spacial score (nSPS) is 17.5. The highest BCUT2D eigenvalue weighted by Crippen LogP contribution is 2.32. The molecule has 0 radical (unpaired) electrons. The van der Waals surface area contributed by atoms with E-state index in [0.29, 0.717) is 12.8 Å². The number of H-pyrrole nitrogens is 1. The van der Waals surface area contributed by atoms with Crippen LogP contribution in [0.15, 0.2) is 36.8 Å². The van der Waals surface area contributed by atoms with Gasteiger partial charge in [-0.15, -0.1) is 0 Å². The van der Waals surface area contributed by atoms with Crippen molar-refractivity contribution in [1.29, 1.82) is 0 Å². The lowest BCUT2D eigenvalue weighted by Gasteiger charge is -2.22. The van der Waals surface area contributed by atoms with Crippen LogP contribution in [0.2, 0.25) is 0 Å². The topological polar surface area (TPSA) is 49.0 Å². The highest BCUT2D eigenvalue weighted by Gasteiger charge is 2.29. The van der Waals surface area contributed by atoms with E-state index >= 15 is 0 Å². The van der Waals surface area contributed by atoms with Crippen LogP contribution in [0.1, 0.15) is 24.6 Å². The molecule has 98 valence electrons. The molecule has 0 bridgehead atoms. The van der Waals surface area contributed by atoms with Gasteiger partial charge in [0.1, 0.15) is 0 Å². The summed E-state index contributed by atoms with van der Waals surface area (Å²) in [5.74, 6) is 0.187. The van der Waals surface area contributed by atoms with Crippen molar-refractivity contribution in [2.45, 2.75) is 32.2 Å². The van der Waals surface area contributed by atoms with Crippen molar-refractivity contribution < 1.29 is 4.79 Å². The molecule has 3 rings (SSSR count). The van der Waals surface area contributed by atoms with Gasteiger partial charge in [-0.25, -0.2) is 4.98 Å². The molecule has 0 fully saturated rings. The fraction of sp³-hybridized carbons (Fsp3) is 0.333. The number of anilines is 1. The van der Waals surface area contributed by atoms with E-state index in [9.17, 15) is 4.79 Å². The van der Waals surface area contributed by atoms with Gasteiger partial charge in [0.15, 0.2) is 0 Å². The van der Waals surface area contributed by atoms with Crippen LogP contribution in [0.25, 0.3) is 0 Å². The maximum atomic E-state index is 12.4. The molecule has 0 spiro atoms. The van der Waals surface area contributed by atoms with E-state index in [1.54, 1.807) is 12.5 Å². The molecule has 19 heavy (non-hydrogen) atoms. The average molecular weight is 255 g/mol. The minimum Gasteiger partial charge on any atom is -0.348 e. The van der Waals surface area contributed by atoms with Crippen molar-refractivity contribution in [3.8, 4) is 0 Å². The van der Waals surface area contributed by atoms with Crippen molar-refractivity contribution >= 4 is 11.6 Å². The van der Waals surface area contributed by atoms with Gasteiger partial charge in [-0.3, -0.25) is 4.79 Å². The standard InChI is InChI=1S/C15H17N3O/c1-11-8-12-4-2-3-5-14(12)18(11)15(19)7-6-13-9-16-10-17-13/h2-5,9-11H,6-8H2,1H3,(H,16,17). The van der Waals surface area contributed by atoms with Crippen LogP contribution in [-0.2, 0) is 17.6 Å². The Hall–Kier alpha value is -2.10. The van der Waals surface area contributed by atoms with Crippen molar-refractivity contribution in [3.63, 3.8) is 0 Å². The predicted molar refractivity (Wildman–Crippen MR) is 74.0 cm³/mol. The zero-order valence-electron chi connectivity index (χ0n) is 11.0. The lowest BCUT2D eigenvalue weighted by atomic mass is 10.1. The molecule has 0 saturated carbocycles. The zero-order valence-corrected chi connectivity index (χ0v) is 11.0. The number of aromatic nitrogens is 2. The van der Waals surface area contributed by atoms with Crippen LogP contribution in [0, 0.1) is 0 Å². The number of benzene rings is 1.